The van der Waals surface area contributed by atoms with Gasteiger partial charge in [0.2, 0.25) is 10.0 Å². The summed E-state index contributed by atoms with van der Waals surface area (Å²) < 4.78 is 32.3. The quantitative estimate of drug-likeness (QED) is 0.792. The van der Waals surface area contributed by atoms with Crippen LogP contribution in [-0.4, -0.2) is 33.4 Å². The van der Waals surface area contributed by atoms with E-state index in [0.717, 1.165) is 22.9 Å². The maximum Gasteiger partial charge on any atom is 0.246 e. The van der Waals surface area contributed by atoms with Gasteiger partial charge in [-0.2, -0.15) is 0 Å². The summed E-state index contributed by atoms with van der Waals surface area (Å²) in [7, 11) is -0.440. The van der Waals surface area contributed by atoms with Crippen LogP contribution in [0.4, 0.5) is 0 Å². The molecule has 0 aliphatic rings. The molecule has 1 rings (SSSR count). The number of aryl methyl sites for hydroxylation is 1. The van der Waals surface area contributed by atoms with Gasteiger partial charge in [-0.15, -0.1) is 0 Å². The van der Waals surface area contributed by atoms with Crippen molar-refractivity contribution in [1.82, 2.24) is 4.31 Å². The highest BCUT2D eigenvalue weighted by atomic mass is 79.9. The maximum atomic E-state index is 12.5. The average Bonchev–Trinajstić information content (AvgIpc) is 2.38. The van der Waals surface area contributed by atoms with Gasteiger partial charge in [0.25, 0.3) is 0 Å². The fraction of sp³-hybridized carbons (Fsp3) is 0.538. The zero-order chi connectivity index (χ0) is 14.6. The van der Waals surface area contributed by atoms with Gasteiger partial charge in [0, 0.05) is 18.1 Å². The Kier molecular flexibility index (Phi) is 5.82. The molecule has 108 valence electrons. The second-order valence-corrected chi connectivity index (χ2v) is 7.30. The monoisotopic (exact) mass is 349 g/mol. The van der Waals surface area contributed by atoms with Crippen molar-refractivity contribution in [2.24, 2.45) is 0 Å². The number of sulfonamides is 1. The lowest BCUT2D eigenvalue weighted by molar-refractivity contribution is 0.397. The second kappa shape index (κ2) is 6.72. The van der Waals surface area contributed by atoms with Gasteiger partial charge in [-0.05, 0) is 31.0 Å². The lowest BCUT2D eigenvalue weighted by atomic mass is 10.2. The third-order valence-corrected chi connectivity index (χ3v) is 5.69. The topological polar surface area (TPSA) is 46.6 Å². The highest BCUT2D eigenvalue weighted by molar-refractivity contribution is 9.10. The zero-order valence-electron chi connectivity index (χ0n) is 11.7. The normalized spacial score (nSPS) is 11.9. The summed E-state index contributed by atoms with van der Waals surface area (Å²) in [6.07, 6.45) is 1.79. The first-order valence-electron chi connectivity index (χ1n) is 6.15. The number of benzene rings is 1. The summed E-state index contributed by atoms with van der Waals surface area (Å²) in [6, 6.07) is 3.33. The van der Waals surface area contributed by atoms with Crippen LogP contribution < -0.4 is 4.74 Å². The Bertz CT molecular complexity index is 543. The largest absolute Gasteiger partial charge is 0.495 e. The molecule has 0 N–H and O–H groups in total. The first-order valence-corrected chi connectivity index (χ1v) is 8.38. The summed E-state index contributed by atoms with van der Waals surface area (Å²) in [4.78, 5) is 0.200. The van der Waals surface area contributed by atoms with Crippen LogP contribution in [0.3, 0.4) is 0 Å². The van der Waals surface area contributed by atoms with Gasteiger partial charge in [0.15, 0.2) is 0 Å². The highest BCUT2D eigenvalue weighted by Gasteiger charge is 2.25. The molecule has 19 heavy (non-hydrogen) atoms. The van der Waals surface area contributed by atoms with Gasteiger partial charge in [-0.1, -0.05) is 29.3 Å². The van der Waals surface area contributed by atoms with E-state index in [9.17, 15) is 8.42 Å². The van der Waals surface area contributed by atoms with Crippen LogP contribution in [0.15, 0.2) is 21.5 Å². The number of hydrogen-bond acceptors (Lipinski definition) is 3. The van der Waals surface area contributed by atoms with Crippen LogP contribution in [-0.2, 0) is 10.0 Å². The first kappa shape index (κ1) is 16.5. The van der Waals surface area contributed by atoms with E-state index in [1.54, 1.807) is 19.2 Å². The third-order valence-electron chi connectivity index (χ3n) is 2.96. The molecule has 0 aliphatic carbocycles. The second-order valence-electron chi connectivity index (χ2n) is 4.43. The van der Waals surface area contributed by atoms with Crippen molar-refractivity contribution in [3.63, 3.8) is 0 Å². The fourth-order valence-corrected chi connectivity index (χ4v) is 3.53. The van der Waals surface area contributed by atoms with Gasteiger partial charge in [-0.25, -0.2) is 12.7 Å². The van der Waals surface area contributed by atoms with Gasteiger partial charge in [0.05, 0.1) is 7.11 Å². The SMILES string of the molecule is CCCCN(C)S(=O)(=O)c1cc(Br)c(C)cc1OC. The molecule has 0 bridgehead atoms. The molecule has 0 amide bonds. The number of hydrogen-bond donors (Lipinski definition) is 0. The van der Waals surface area contributed by atoms with Gasteiger partial charge in [0.1, 0.15) is 10.6 Å². The van der Waals surface area contributed by atoms with E-state index in [1.807, 2.05) is 13.8 Å². The molecule has 0 saturated carbocycles. The maximum absolute atomic E-state index is 12.5. The lowest BCUT2D eigenvalue weighted by Gasteiger charge is -2.19. The van der Waals surface area contributed by atoms with E-state index in [2.05, 4.69) is 15.9 Å². The average molecular weight is 350 g/mol. The summed E-state index contributed by atoms with van der Waals surface area (Å²) in [5.74, 6) is 0.379. The smallest absolute Gasteiger partial charge is 0.246 e. The molecule has 0 saturated heterocycles. The van der Waals surface area contributed by atoms with Crippen molar-refractivity contribution < 1.29 is 13.2 Å². The Hall–Kier alpha value is -0.590. The fourth-order valence-electron chi connectivity index (χ4n) is 1.67. The van der Waals surface area contributed by atoms with Gasteiger partial charge in [-0.3, -0.25) is 0 Å². The molecular weight excluding hydrogens is 330 g/mol. The van der Waals surface area contributed by atoms with Crippen LogP contribution in [0.25, 0.3) is 0 Å². The summed E-state index contributed by atoms with van der Waals surface area (Å²) >= 11 is 3.37. The first-order chi connectivity index (χ1) is 8.84. The zero-order valence-corrected chi connectivity index (χ0v) is 14.1. The Morgan fingerprint density at radius 1 is 1.37 bits per heavy atom. The Labute approximate surface area is 123 Å². The van der Waals surface area contributed by atoms with E-state index >= 15 is 0 Å². The Morgan fingerprint density at radius 3 is 2.53 bits per heavy atom. The minimum atomic E-state index is -3.51. The van der Waals surface area contributed by atoms with Gasteiger partial charge >= 0.3 is 0 Å². The van der Waals surface area contributed by atoms with Crippen molar-refractivity contribution in [1.29, 1.82) is 0 Å². The van der Waals surface area contributed by atoms with Crippen LogP contribution in [0.5, 0.6) is 5.75 Å². The summed E-state index contributed by atoms with van der Waals surface area (Å²) in [5.41, 5.74) is 0.937. The lowest BCUT2D eigenvalue weighted by Crippen LogP contribution is -2.28. The van der Waals surface area contributed by atoms with E-state index in [4.69, 9.17) is 4.74 Å². The molecule has 0 heterocycles. The molecule has 0 unspecified atom stereocenters. The molecular formula is C13H20BrNO3S. The molecule has 1 aromatic carbocycles. The molecule has 0 aliphatic heterocycles. The van der Waals surface area contributed by atoms with Gasteiger partial charge < -0.3 is 4.74 Å². The number of methoxy groups -OCH3 is 1. The predicted molar refractivity (Wildman–Crippen MR) is 80.2 cm³/mol. The predicted octanol–water partition coefficient (Wildman–Crippen LogP) is 3.19. The summed E-state index contributed by atoms with van der Waals surface area (Å²) in [6.45, 7) is 4.43. The number of nitrogens with zero attached hydrogens (tertiary/aromatic N) is 1. The van der Waals surface area contributed by atoms with Crippen molar-refractivity contribution in [3.8, 4) is 5.75 Å². The Morgan fingerprint density at radius 2 is 2.00 bits per heavy atom. The molecule has 0 fully saturated rings. The number of unbranched alkanes of at least 4 members (excludes halogenated alkanes) is 1. The van der Waals surface area contributed by atoms with E-state index < -0.39 is 10.0 Å². The van der Waals surface area contributed by atoms with Crippen LogP contribution in [0.1, 0.15) is 25.3 Å². The number of halogens is 1. The number of ether oxygens (including phenoxy) is 1. The molecule has 0 aromatic heterocycles. The molecule has 0 radical (unpaired) electrons. The molecule has 0 spiro atoms. The minimum absolute atomic E-state index is 0.200. The van der Waals surface area contributed by atoms with Crippen molar-refractivity contribution in [2.75, 3.05) is 20.7 Å². The number of rotatable bonds is 6. The van der Waals surface area contributed by atoms with E-state index in [1.165, 1.54) is 11.4 Å². The standard InChI is InChI=1S/C13H20BrNO3S/c1-5-6-7-15(3)19(16,17)13-9-11(14)10(2)8-12(13)18-4/h8-9H,5-7H2,1-4H3. The van der Waals surface area contributed by atoms with Crippen molar-refractivity contribution >= 4 is 26.0 Å². The van der Waals surface area contributed by atoms with Crippen LogP contribution >= 0.6 is 15.9 Å². The minimum Gasteiger partial charge on any atom is -0.495 e. The molecule has 1 aromatic rings. The molecule has 6 heteroatoms. The van der Waals surface area contributed by atoms with E-state index in [0.29, 0.717) is 12.3 Å². The Balaban J connectivity index is 3.24. The molecule has 0 atom stereocenters. The summed E-state index contributed by atoms with van der Waals surface area (Å²) in [5, 5.41) is 0. The van der Waals surface area contributed by atoms with E-state index in [-0.39, 0.29) is 4.90 Å². The van der Waals surface area contributed by atoms with Crippen LogP contribution in [0, 0.1) is 6.92 Å². The molecule has 4 nitrogen and oxygen atoms in total. The van der Waals surface area contributed by atoms with Crippen LogP contribution in [0.2, 0.25) is 0 Å². The van der Waals surface area contributed by atoms with Crippen molar-refractivity contribution in [2.45, 2.75) is 31.6 Å². The van der Waals surface area contributed by atoms with Crippen molar-refractivity contribution in [3.05, 3.63) is 22.2 Å². The third kappa shape index (κ3) is 3.70. The highest BCUT2D eigenvalue weighted by Crippen LogP contribution is 2.32.